The fraction of sp³-hybridized carbons (Fsp3) is 0.562. The minimum atomic E-state index is -0.437. The van der Waals surface area contributed by atoms with Crippen molar-refractivity contribution in [3.63, 3.8) is 0 Å². The average molecular weight is 278 g/mol. The van der Waals surface area contributed by atoms with Crippen molar-refractivity contribution in [1.29, 1.82) is 0 Å². The zero-order chi connectivity index (χ0) is 14.5. The Morgan fingerprint density at radius 1 is 1.35 bits per heavy atom. The van der Waals surface area contributed by atoms with Gasteiger partial charge < -0.3 is 10.6 Å². The first-order valence-corrected chi connectivity index (χ1v) is 7.40. The molecule has 0 bridgehead atoms. The van der Waals surface area contributed by atoms with Gasteiger partial charge in [0.05, 0.1) is 5.56 Å². The third-order valence-electron chi connectivity index (χ3n) is 4.00. The summed E-state index contributed by atoms with van der Waals surface area (Å²) in [7, 11) is 0. The predicted octanol–water partition coefficient (Wildman–Crippen LogP) is 2.87. The number of benzene rings is 1. The maximum atomic E-state index is 14.0. The standard InChI is InChI=1S/C16H23FN2O/c1-12-7-8-14(15(17)11-12)16(20)19(10-9-18)13-5-3-2-4-6-13/h7-8,11,13H,2-6,9-10,18H2,1H3. The average Bonchev–Trinajstić information content (AvgIpc) is 2.45. The molecule has 4 heteroatoms. The van der Waals surface area contributed by atoms with Crippen LogP contribution < -0.4 is 5.73 Å². The number of amides is 1. The van der Waals surface area contributed by atoms with Crippen LogP contribution in [0.15, 0.2) is 18.2 Å². The molecule has 1 fully saturated rings. The lowest BCUT2D eigenvalue weighted by Crippen LogP contribution is -2.44. The molecule has 1 saturated carbocycles. The maximum Gasteiger partial charge on any atom is 0.257 e. The van der Waals surface area contributed by atoms with Gasteiger partial charge in [-0.2, -0.15) is 0 Å². The second-order valence-corrected chi connectivity index (χ2v) is 5.56. The second kappa shape index (κ2) is 6.84. The Labute approximate surface area is 120 Å². The van der Waals surface area contributed by atoms with Crippen LogP contribution in [-0.2, 0) is 0 Å². The molecule has 0 spiro atoms. The molecule has 1 aliphatic carbocycles. The van der Waals surface area contributed by atoms with E-state index in [9.17, 15) is 9.18 Å². The predicted molar refractivity (Wildman–Crippen MR) is 78.1 cm³/mol. The molecule has 1 aromatic rings. The van der Waals surface area contributed by atoms with Gasteiger partial charge >= 0.3 is 0 Å². The Hall–Kier alpha value is -1.42. The van der Waals surface area contributed by atoms with Gasteiger partial charge in [-0.3, -0.25) is 4.79 Å². The van der Waals surface area contributed by atoms with Crippen molar-refractivity contribution in [3.8, 4) is 0 Å². The number of halogens is 1. The van der Waals surface area contributed by atoms with Crippen LogP contribution >= 0.6 is 0 Å². The lowest BCUT2D eigenvalue weighted by atomic mass is 9.93. The summed E-state index contributed by atoms with van der Waals surface area (Å²) >= 11 is 0. The van der Waals surface area contributed by atoms with Crippen LogP contribution in [0, 0.1) is 12.7 Å². The summed E-state index contributed by atoms with van der Waals surface area (Å²) in [4.78, 5) is 14.4. The number of hydrogen-bond donors (Lipinski definition) is 1. The SMILES string of the molecule is Cc1ccc(C(=O)N(CCN)C2CCCCC2)c(F)c1. The molecule has 0 atom stereocenters. The zero-order valence-corrected chi connectivity index (χ0v) is 12.1. The molecule has 20 heavy (non-hydrogen) atoms. The molecule has 0 radical (unpaired) electrons. The normalized spacial score (nSPS) is 16.1. The Bertz CT molecular complexity index is 470. The van der Waals surface area contributed by atoms with E-state index in [1.165, 1.54) is 12.5 Å². The van der Waals surface area contributed by atoms with E-state index in [1.807, 2.05) is 6.92 Å². The molecule has 0 saturated heterocycles. The van der Waals surface area contributed by atoms with E-state index >= 15 is 0 Å². The zero-order valence-electron chi connectivity index (χ0n) is 12.1. The first-order chi connectivity index (χ1) is 9.63. The van der Waals surface area contributed by atoms with Crippen molar-refractivity contribution < 1.29 is 9.18 Å². The molecule has 1 aliphatic rings. The third-order valence-corrected chi connectivity index (χ3v) is 4.00. The van der Waals surface area contributed by atoms with Gasteiger partial charge in [0.2, 0.25) is 0 Å². The summed E-state index contributed by atoms with van der Waals surface area (Å²) in [5.74, 6) is -0.660. The number of nitrogens with two attached hydrogens (primary N) is 1. The molecule has 2 rings (SSSR count). The third kappa shape index (κ3) is 3.37. The number of carbonyl (C=O) groups excluding carboxylic acids is 1. The summed E-state index contributed by atoms with van der Waals surface area (Å²) < 4.78 is 14.0. The van der Waals surface area contributed by atoms with Crippen LogP contribution in [0.1, 0.15) is 48.0 Å². The molecular weight excluding hydrogens is 255 g/mol. The molecule has 1 aromatic carbocycles. The fourth-order valence-corrected chi connectivity index (χ4v) is 2.93. The van der Waals surface area contributed by atoms with Gasteiger partial charge in [0, 0.05) is 19.1 Å². The molecule has 1 amide bonds. The van der Waals surface area contributed by atoms with Crippen molar-refractivity contribution in [1.82, 2.24) is 4.90 Å². The van der Waals surface area contributed by atoms with Crippen molar-refractivity contribution in [2.75, 3.05) is 13.1 Å². The summed E-state index contributed by atoms with van der Waals surface area (Å²) in [5.41, 5.74) is 6.61. The Morgan fingerprint density at radius 2 is 2.05 bits per heavy atom. The van der Waals surface area contributed by atoms with Crippen LogP contribution in [0.2, 0.25) is 0 Å². The van der Waals surface area contributed by atoms with Crippen molar-refractivity contribution >= 4 is 5.91 Å². The highest BCUT2D eigenvalue weighted by molar-refractivity contribution is 5.94. The Kier molecular flexibility index (Phi) is 5.12. The van der Waals surface area contributed by atoms with E-state index in [0.29, 0.717) is 13.1 Å². The van der Waals surface area contributed by atoms with Crippen LogP contribution in [0.3, 0.4) is 0 Å². The van der Waals surface area contributed by atoms with Crippen molar-refractivity contribution in [2.24, 2.45) is 5.73 Å². The number of rotatable bonds is 4. The lowest BCUT2D eigenvalue weighted by Gasteiger charge is -2.34. The first kappa shape index (κ1) is 15.0. The van der Waals surface area contributed by atoms with Crippen molar-refractivity contribution in [3.05, 3.63) is 35.1 Å². The summed E-state index contributed by atoms with van der Waals surface area (Å²) in [6.07, 6.45) is 5.49. The van der Waals surface area contributed by atoms with Gasteiger partial charge in [-0.1, -0.05) is 25.3 Å². The molecule has 0 aliphatic heterocycles. The minimum absolute atomic E-state index is 0.162. The van der Waals surface area contributed by atoms with E-state index in [2.05, 4.69) is 0 Å². The van der Waals surface area contributed by atoms with E-state index in [-0.39, 0.29) is 17.5 Å². The van der Waals surface area contributed by atoms with Crippen LogP contribution in [0.4, 0.5) is 4.39 Å². The summed E-state index contributed by atoms with van der Waals surface area (Å²) in [6, 6.07) is 4.98. The topological polar surface area (TPSA) is 46.3 Å². The highest BCUT2D eigenvalue weighted by Gasteiger charge is 2.27. The van der Waals surface area contributed by atoms with Gasteiger partial charge in [-0.25, -0.2) is 4.39 Å². The molecule has 0 heterocycles. The molecule has 110 valence electrons. The first-order valence-electron chi connectivity index (χ1n) is 7.40. The van der Waals surface area contributed by atoms with E-state index in [1.54, 1.807) is 17.0 Å². The molecule has 3 nitrogen and oxygen atoms in total. The quantitative estimate of drug-likeness (QED) is 0.920. The number of aryl methyl sites for hydroxylation is 1. The highest BCUT2D eigenvalue weighted by Crippen LogP contribution is 2.24. The van der Waals surface area contributed by atoms with Gasteiger partial charge in [-0.05, 0) is 37.5 Å². The largest absolute Gasteiger partial charge is 0.334 e. The van der Waals surface area contributed by atoms with Gasteiger partial charge in [0.1, 0.15) is 5.82 Å². The van der Waals surface area contributed by atoms with Crippen LogP contribution in [0.5, 0.6) is 0 Å². The van der Waals surface area contributed by atoms with Crippen LogP contribution in [-0.4, -0.2) is 29.9 Å². The second-order valence-electron chi connectivity index (χ2n) is 5.56. The fourth-order valence-electron chi connectivity index (χ4n) is 2.93. The molecule has 2 N–H and O–H groups in total. The van der Waals surface area contributed by atoms with Crippen LogP contribution in [0.25, 0.3) is 0 Å². The number of carbonyl (C=O) groups is 1. The maximum absolute atomic E-state index is 14.0. The smallest absolute Gasteiger partial charge is 0.257 e. The highest BCUT2D eigenvalue weighted by atomic mass is 19.1. The van der Waals surface area contributed by atoms with E-state index in [4.69, 9.17) is 5.73 Å². The summed E-state index contributed by atoms with van der Waals surface area (Å²) in [6.45, 7) is 2.72. The number of nitrogens with zero attached hydrogens (tertiary/aromatic N) is 1. The van der Waals surface area contributed by atoms with Gasteiger partial charge in [0.15, 0.2) is 0 Å². The lowest BCUT2D eigenvalue weighted by molar-refractivity contribution is 0.0637. The van der Waals surface area contributed by atoms with Crippen molar-refractivity contribution in [2.45, 2.75) is 45.1 Å². The van der Waals surface area contributed by atoms with Gasteiger partial charge in [0.25, 0.3) is 5.91 Å². The monoisotopic (exact) mass is 278 g/mol. The van der Waals surface area contributed by atoms with E-state index < -0.39 is 5.82 Å². The molecule has 0 unspecified atom stereocenters. The molecule has 0 aromatic heterocycles. The summed E-state index contributed by atoms with van der Waals surface area (Å²) in [5, 5.41) is 0. The Balaban J connectivity index is 2.21. The number of hydrogen-bond acceptors (Lipinski definition) is 2. The van der Waals surface area contributed by atoms with Gasteiger partial charge in [-0.15, -0.1) is 0 Å². The van der Waals surface area contributed by atoms with E-state index in [0.717, 1.165) is 31.2 Å². The minimum Gasteiger partial charge on any atom is -0.334 e. The Morgan fingerprint density at radius 3 is 2.65 bits per heavy atom. The molecular formula is C16H23FN2O.